The van der Waals surface area contributed by atoms with E-state index in [1.165, 1.54) is 5.57 Å². The Kier molecular flexibility index (Phi) is 3.41. The van der Waals surface area contributed by atoms with E-state index in [0.717, 1.165) is 19.3 Å². The third kappa shape index (κ3) is 2.04. The molecule has 2 N–H and O–H groups in total. The standard InChI is InChI=1S/C15H24O3/c1-10-6-13(17)7-11(2)15(10)5-4-12(8-15)14(3,18)9-16/h6,11-12,16,18H,4-5,7-9H2,1-3H3/t11?,12-,14-,15-/m1/s1. The molecule has 0 aromatic rings. The molecule has 102 valence electrons. The second-order valence-electron chi connectivity index (χ2n) is 6.51. The number of ketones is 1. The number of aliphatic hydroxyl groups is 2. The maximum Gasteiger partial charge on any atom is 0.155 e. The first-order chi connectivity index (χ1) is 8.32. The third-order valence-corrected chi connectivity index (χ3v) is 5.36. The average molecular weight is 252 g/mol. The number of aliphatic hydroxyl groups excluding tert-OH is 1. The maximum atomic E-state index is 11.6. The van der Waals surface area contributed by atoms with Crippen LogP contribution in [0.5, 0.6) is 0 Å². The van der Waals surface area contributed by atoms with Crippen LogP contribution in [-0.4, -0.2) is 28.2 Å². The fourth-order valence-corrected chi connectivity index (χ4v) is 3.87. The van der Waals surface area contributed by atoms with Crippen LogP contribution in [-0.2, 0) is 4.79 Å². The van der Waals surface area contributed by atoms with Crippen molar-refractivity contribution in [3.8, 4) is 0 Å². The molecule has 18 heavy (non-hydrogen) atoms. The van der Waals surface area contributed by atoms with Crippen LogP contribution in [0.15, 0.2) is 11.6 Å². The van der Waals surface area contributed by atoms with Crippen molar-refractivity contribution >= 4 is 5.78 Å². The normalized spacial score (nSPS) is 39.8. The molecular weight excluding hydrogens is 228 g/mol. The third-order valence-electron chi connectivity index (χ3n) is 5.36. The Morgan fingerprint density at radius 1 is 1.56 bits per heavy atom. The number of hydrogen-bond donors (Lipinski definition) is 2. The van der Waals surface area contributed by atoms with E-state index >= 15 is 0 Å². The molecule has 0 radical (unpaired) electrons. The van der Waals surface area contributed by atoms with Crippen LogP contribution in [0, 0.1) is 17.3 Å². The number of carbonyl (C=O) groups is 1. The van der Waals surface area contributed by atoms with Crippen molar-refractivity contribution in [2.45, 2.75) is 52.1 Å². The lowest BCUT2D eigenvalue weighted by Crippen LogP contribution is -2.39. The largest absolute Gasteiger partial charge is 0.393 e. The Labute approximate surface area is 109 Å². The Balaban J connectivity index is 2.25. The Morgan fingerprint density at radius 3 is 2.78 bits per heavy atom. The van der Waals surface area contributed by atoms with Crippen LogP contribution in [0.25, 0.3) is 0 Å². The van der Waals surface area contributed by atoms with Gasteiger partial charge >= 0.3 is 0 Å². The molecule has 1 unspecified atom stereocenters. The van der Waals surface area contributed by atoms with E-state index in [-0.39, 0.29) is 23.7 Å². The molecule has 2 aliphatic rings. The summed E-state index contributed by atoms with van der Waals surface area (Å²) in [5.74, 6) is 0.694. The highest BCUT2D eigenvalue weighted by Gasteiger charge is 2.50. The summed E-state index contributed by atoms with van der Waals surface area (Å²) in [5, 5.41) is 19.5. The minimum absolute atomic E-state index is 0.0672. The summed E-state index contributed by atoms with van der Waals surface area (Å²) >= 11 is 0. The van der Waals surface area contributed by atoms with Crippen molar-refractivity contribution in [1.82, 2.24) is 0 Å². The molecule has 1 fully saturated rings. The first-order valence-corrected chi connectivity index (χ1v) is 6.86. The second kappa shape index (κ2) is 4.46. The first kappa shape index (κ1) is 13.8. The molecule has 3 nitrogen and oxygen atoms in total. The van der Waals surface area contributed by atoms with Gasteiger partial charge < -0.3 is 10.2 Å². The summed E-state index contributed by atoms with van der Waals surface area (Å²) in [6, 6.07) is 0. The number of carbonyl (C=O) groups excluding carboxylic acids is 1. The van der Waals surface area contributed by atoms with Gasteiger partial charge in [-0.15, -0.1) is 0 Å². The van der Waals surface area contributed by atoms with Crippen molar-refractivity contribution in [2.75, 3.05) is 6.61 Å². The van der Waals surface area contributed by atoms with Gasteiger partial charge in [0.1, 0.15) is 0 Å². The zero-order chi connectivity index (χ0) is 13.6. The lowest BCUT2D eigenvalue weighted by Gasteiger charge is -2.40. The van der Waals surface area contributed by atoms with Crippen LogP contribution in [0.1, 0.15) is 46.5 Å². The number of rotatable bonds is 2. The summed E-state index contributed by atoms with van der Waals surface area (Å²) in [4.78, 5) is 11.6. The summed E-state index contributed by atoms with van der Waals surface area (Å²) in [6.07, 6.45) is 5.24. The minimum atomic E-state index is -0.995. The van der Waals surface area contributed by atoms with Crippen molar-refractivity contribution in [1.29, 1.82) is 0 Å². The van der Waals surface area contributed by atoms with Gasteiger partial charge in [-0.1, -0.05) is 12.5 Å². The van der Waals surface area contributed by atoms with Gasteiger partial charge in [-0.25, -0.2) is 0 Å². The predicted molar refractivity (Wildman–Crippen MR) is 70.0 cm³/mol. The van der Waals surface area contributed by atoms with Crippen LogP contribution < -0.4 is 0 Å². The van der Waals surface area contributed by atoms with E-state index in [1.807, 2.05) is 6.92 Å². The summed E-state index contributed by atoms with van der Waals surface area (Å²) < 4.78 is 0. The van der Waals surface area contributed by atoms with Gasteiger partial charge in [0.05, 0.1) is 12.2 Å². The van der Waals surface area contributed by atoms with Gasteiger partial charge in [-0.3, -0.25) is 4.79 Å². The quantitative estimate of drug-likeness (QED) is 0.791. The van der Waals surface area contributed by atoms with E-state index in [0.29, 0.717) is 12.3 Å². The van der Waals surface area contributed by atoms with Gasteiger partial charge in [0.25, 0.3) is 0 Å². The molecule has 2 rings (SSSR count). The molecule has 4 atom stereocenters. The highest BCUT2D eigenvalue weighted by atomic mass is 16.3. The number of allylic oxidation sites excluding steroid dienone is 2. The molecule has 0 heterocycles. The molecule has 1 saturated carbocycles. The average Bonchev–Trinajstić information content (AvgIpc) is 2.73. The molecule has 0 amide bonds. The van der Waals surface area contributed by atoms with Crippen molar-refractivity contribution in [3.05, 3.63) is 11.6 Å². The molecule has 0 saturated heterocycles. The van der Waals surface area contributed by atoms with Crippen molar-refractivity contribution < 1.29 is 15.0 Å². The summed E-state index contributed by atoms with van der Waals surface area (Å²) in [6.45, 7) is 5.71. The highest BCUT2D eigenvalue weighted by Crippen LogP contribution is 2.56. The SMILES string of the molecule is CC1=CC(=O)CC(C)[C@@]12CC[C@@H]([C@](C)(O)CO)C2. The van der Waals surface area contributed by atoms with E-state index in [9.17, 15) is 15.0 Å². The van der Waals surface area contributed by atoms with Gasteiger partial charge in [0.15, 0.2) is 5.78 Å². The Hall–Kier alpha value is -0.670. The zero-order valence-electron chi connectivity index (χ0n) is 11.6. The molecule has 0 bridgehead atoms. The van der Waals surface area contributed by atoms with E-state index in [2.05, 4.69) is 6.92 Å². The van der Waals surface area contributed by atoms with Crippen LogP contribution in [0.2, 0.25) is 0 Å². The molecule has 0 aromatic heterocycles. The van der Waals surface area contributed by atoms with E-state index in [4.69, 9.17) is 0 Å². The fraction of sp³-hybridized carbons (Fsp3) is 0.800. The molecule has 3 heteroatoms. The molecule has 2 aliphatic carbocycles. The van der Waals surface area contributed by atoms with Crippen LogP contribution >= 0.6 is 0 Å². The molecule has 0 aromatic carbocycles. The first-order valence-electron chi connectivity index (χ1n) is 6.86. The topological polar surface area (TPSA) is 57.5 Å². The van der Waals surface area contributed by atoms with E-state index in [1.54, 1.807) is 13.0 Å². The zero-order valence-corrected chi connectivity index (χ0v) is 11.6. The number of hydrogen-bond acceptors (Lipinski definition) is 3. The van der Waals surface area contributed by atoms with Gasteiger partial charge in [0.2, 0.25) is 0 Å². The molecule has 1 spiro atoms. The molecular formula is C15H24O3. The monoisotopic (exact) mass is 252 g/mol. The minimum Gasteiger partial charge on any atom is -0.393 e. The van der Waals surface area contributed by atoms with Crippen LogP contribution in [0.4, 0.5) is 0 Å². The molecule has 0 aliphatic heterocycles. The highest BCUT2D eigenvalue weighted by molar-refractivity contribution is 5.91. The summed E-state index contributed by atoms with van der Waals surface area (Å²) in [5.41, 5.74) is 0.241. The van der Waals surface area contributed by atoms with Crippen molar-refractivity contribution in [3.63, 3.8) is 0 Å². The lowest BCUT2D eigenvalue weighted by molar-refractivity contribution is -0.117. The second-order valence-corrected chi connectivity index (χ2v) is 6.51. The van der Waals surface area contributed by atoms with Gasteiger partial charge in [0, 0.05) is 6.42 Å². The van der Waals surface area contributed by atoms with Crippen molar-refractivity contribution in [2.24, 2.45) is 17.3 Å². The Morgan fingerprint density at radius 2 is 2.22 bits per heavy atom. The summed E-state index contributed by atoms with van der Waals surface area (Å²) in [7, 11) is 0. The predicted octanol–water partition coefficient (Wildman–Crippen LogP) is 2.07. The van der Waals surface area contributed by atoms with E-state index < -0.39 is 5.60 Å². The van der Waals surface area contributed by atoms with Gasteiger partial charge in [-0.05, 0) is 56.4 Å². The Bertz CT molecular complexity index is 383. The lowest BCUT2D eigenvalue weighted by atomic mass is 9.64. The fourth-order valence-electron chi connectivity index (χ4n) is 3.87. The van der Waals surface area contributed by atoms with Gasteiger partial charge in [-0.2, -0.15) is 0 Å². The van der Waals surface area contributed by atoms with Crippen LogP contribution in [0.3, 0.4) is 0 Å². The smallest absolute Gasteiger partial charge is 0.155 e. The maximum absolute atomic E-state index is 11.6.